The Morgan fingerprint density at radius 3 is 1.19 bits per heavy atom. The Hall–Kier alpha value is 0.980. The molecule has 0 atom stereocenters. The normalized spacial score (nSPS) is 11.5. The molecule has 4 nitrogen and oxygen atoms in total. The van der Waals surface area contributed by atoms with Crippen LogP contribution in [0.15, 0.2) is 0 Å². The second-order valence-corrected chi connectivity index (χ2v) is 10.1. The average molecular weight is 470 g/mol. The van der Waals surface area contributed by atoms with Crippen LogP contribution in [0.2, 0.25) is 0 Å². The molecule has 0 rings (SSSR count). The Bertz CT molecular complexity index is 325. The lowest BCUT2D eigenvalue weighted by atomic mass is 10.0. The third-order valence-electron chi connectivity index (χ3n) is 4.26. The van der Waals surface area contributed by atoms with E-state index in [0.29, 0.717) is 0 Å². The van der Waals surface area contributed by atoms with Crippen LogP contribution in [0.5, 0.6) is 0 Å². The number of rotatable bonds is 18. The zero-order valence-corrected chi connectivity index (χ0v) is 20.1. The monoisotopic (exact) mass is 468 g/mol. The van der Waals surface area contributed by atoms with Crippen molar-refractivity contribution >= 4 is 42.6 Å². The Kier molecular flexibility index (Phi) is 26.0. The van der Waals surface area contributed by atoms with Crippen LogP contribution >= 0.6 is 42.6 Å². The molecular weight excluding hydrogens is 430 g/mol. The maximum absolute atomic E-state index is 10.5. The molecule has 0 aliphatic rings. The van der Waals surface area contributed by atoms with E-state index in [0.717, 1.165) is 19.3 Å². The molecule has 0 aromatic carbocycles. The largest absolute Gasteiger partial charge is 0.469 e. The molecule has 166 valence electrons. The van der Waals surface area contributed by atoms with Gasteiger partial charge in [0.2, 0.25) is 0 Å². The van der Waals surface area contributed by atoms with Gasteiger partial charge in [-0.2, -0.15) is 0 Å². The van der Waals surface area contributed by atoms with E-state index in [1.54, 1.807) is 0 Å². The van der Waals surface area contributed by atoms with Crippen molar-refractivity contribution in [2.75, 3.05) is 6.61 Å². The molecule has 0 heterocycles. The number of phosphoric ester groups is 1. The maximum Gasteiger partial charge on any atom is 0.469 e. The summed E-state index contributed by atoms with van der Waals surface area (Å²) in [6.45, 7) is 2.43. The summed E-state index contributed by atoms with van der Waals surface area (Å²) in [4.78, 5) is 17.1. The van der Waals surface area contributed by atoms with E-state index in [-0.39, 0.29) is 6.61 Å². The van der Waals surface area contributed by atoms with Gasteiger partial charge in [0.1, 0.15) is 0 Å². The predicted octanol–water partition coefficient (Wildman–Crippen LogP) is 8.34. The first-order valence-electron chi connectivity index (χ1n) is 10.4. The standard InChI is InChI=1S/C18H39O4P.CHCl3/c1-2-3-4-5-6-7-8-9-10-11-12-13-14-15-16-17-18-22-23(19,20)21;2-1(3)4/h2-18H2,1H3,(H2,19,20,21);1H. The van der Waals surface area contributed by atoms with Gasteiger partial charge in [0.25, 0.3) is 0 Å². The molecule has 8 heteroatoms. The van der Waals surface area contributed by atoms with E-state index in [9.17, 15) is 4.57 Å². The van der Waals surface area contributed by atoms with Crippen molar-refractivity contribution < 1.29 is 18.9 Å². The van der Waals surface area contributed by atoms with Crippen molar-refractivity contribution in [1.29, 1.82) is 0 Å². The number of halogens is 3. The molecule has 0 saturated heterocycles. The summed E-state index contributed by atoms with van der Waals surface area (Å²) in [5.74, 6) is 0. The van der Waals surface area contributed by atoms with Crippen LogP contribution in [-0.4, -0.2) is 20.7 Å². The van der Waals surface area contributed by atoms with E-state index in [1.165, 1.54) is 83.5 Å². The highest BCUT2D eigenvalue weighted by molar-refractivity contribution is 7.46. The smallest absolute Gasteiger partial charge is 0.303 e. The van der Waals surface area contributed by atoms with Gasteiger partial charge in [0, 0.05) is 0 Å². The fourth-order valence-corrected chi connectivity index (χ4v) is 3.20. The van der Waals surface area contributed by atoms with E-state index in [1.807, 2.05) is 0 Å². The first-order valence-corrected chi connectivity index (χ1v) is 13.3. The fourth-order valence-electron chi connectivity index (χ4n) is 2.83. The van der Waals surface area contributed by atoms with Crippen LogP contribution < -0.4 is 0 Å². The highest BCUT2D eigenvalue weighted by Gasteiger charge is 2.12. The van der Waals surface area contributed by atoms with Gasteiger partial charge in [-0.3, -0.25) is 4.52 Å². The van der Waals surface area contributed by atoms with Crippen LogP contribution in [0.3, 0.4) is 0 Å². The Balaban J connectivity index is 0. The molecule has 0 aromatic rings. The minimum atomic E-state index is -4.26. The van der Waals surface area contributed by atoms with Crippen molar-refractivity contribution in [2.24, 2.45) is 0 Å². The molecule has 0 aliphatic carbocycles. The molecule has 27 heavy (non-hydrogen) atoms. The summed E-state index contributed by atoms with van der Waals surface area (Å²) in [7, 11) is -4.26. The van der Waals surface area contributed by atoms with Gasteiger partial charge in [0.15, 0.2) is 4.30 Å². The highest BCUT2D eigenvalue weighted by atomic mass is 35.6. The second-order valence-electron chi connectivity index (χ2n) is 6.87. The number of hydrogen-bond donors (Lipinski definition) is 2. The summed E-state index contributed by atoms with van der Waals surface area (Å²) < 4.78 is 14.1. The van der Waals surface area contributed by atoms with E-state index in [2.05, 4.69) is 11.4 Å². The summed E-state index contributed by atoms with van der Waals surface area (Å²) in [6.07, 6.45) is 20.7. The van der Waals surface area contributed by atoms with Gasteiger partial charge in [0.05, 0.1) is 6.61 Å². The molecule has 0 amide bonds. The van der Waals surface area contributed by atoms with Crippen molar-refractivity contribution in [2.45, 2.75) is 114 Å². The lowest BCUT2D eigenvalue weighted by molar-refractivity contribution is 0.193. The van der Waals surface area contributed by atoms with Gasteiger partial charge >= 0.3 is 7.82 Å². The minimum absolute atomic E-state index is 0.169. The molecular formula is C19H40Cl3O4P. The molecule has 2 N–H and O–H groups in total. The number of alkyl halides is 3. The predicted molar refractivity (Wildman–Crippen MR) is 119 cm³/mol. The average Bonchev–Trinajstić information content (AvgIpc) is 2.56. The number of phosphoric acid groups is 1. The highest BCUT2D eigenvalue weighted by Crippen LogP contribution is 2.35. The number of hydrogen-bond acceptors (Lipinski definition) is 2. The van der Waals surface area contributed by atoms with Crippen LogP contribution in [0.4, 0.5) is 0 Å². The summed E-state index contributed by atoms with van der Waals surface area (Å²) in [5.41, 5.74) is 0. The summed E-state index contributed by atoms with van der Waals surface area (Å²) in [6, 6.07) is 0. The Morgan fingerprint density at radius 2 is 0.926 bits per heavy atom. The molecule has 0 saturated carbocycles. The van der Waals surface area contributed by atoms with E-state index in [4.69, 9.17) is 44.6 Å². The summed E-state index contributed by atoms with van der Waals surface area (Å²) in [5, 5.41) is 0. The topological polar surface area (TPSA) is 66.8 Å². The summed E-state index contributed by atoms with van der Waals surface area (Å²) >= 11 is 14.4. The molecule has 0 fully saturated rings. The van der Waals surface area contributed by atoms with Crippen molar-refractivity contribution in [3.8, 4) is 0 Å². The van der Waals surface area contributed by atoms with Crippen molar-refractivity contribution in [3.63, 3.8) is 0 Å². The first-order chi connectivity index (χ1) is 12.8. The molecule has 0 bridgehead atoms. The quantitative estimate of drug-likeness (QED) is 0.120. The molecule has 0 aliphatic heterocycles. The fraction of sp³-hybridized carbons (Fsp3) is 1.00. The first kappa shape index (κ1) is 30.2. The van der Waals surface area contributed by atoms with E-state index < -0.39 is 12.1 Å². The molecule has 0 unspecified atom stereocenters. The van der Waals surface area contributed by atoms with Gasteiger partial charge in [-0.05, 0) is 6.42 Å². The zero-order valence-electron chi connectivity index (χ0n) is 16.9. The molecule has 0 radical (unpaired) electrons. The van der Waals surface area contributed by atoms with Crippen LogP contribution in [-0.2, 0) is 9.09 Å². The zero-order chi connectivity index (χ0) is 20.8. The van der Waals surface area contributed by atoms with Crippen LogP contribution in [0, 0.1) is 0 Å². The number of unbranched alkanes of at least 4 members (excludes halogenated alkanes) is 15. The van der Waals surface area contributed by atoms with Crippen LogP contribution in [0.25, 0.3) is 0 Å². The Morgan fingerprint density at radius 1 is 0.667 bits per heavy atom. The second kappa shape index (κ2) is 23.3. The Labute approximate surface area is 181 Å². The van der Waals surface area contributed by atoms with Gasteiger partial charge in [-0.1, -0.05) is 138 Å². The van der Waals surface area contributed by atoms with Crippen LogP contribution in [0.1, 0.15) is 110 Å². The maximum atomic E-state index is 10.5. The van der Waals surface area contributed by atoms with E-state index >= 15 is 0 Å². The van der Waals surface area contributed by atoms with Gasteiger partial charge in [-0.15, -0.1) is 0 Å². The lowest BCUT2D eigenvalue weighted by Gasteiger charge is -2.05. The van der Waals surface area contributed by atoms with Crippen molar-refractivity contribution in [3.05, 3.63) is 0 Å². The third kappa shape index (κ3) is 38.2. The van der Waals surface area contributed by atoms with Gasteiger partial charge in [-0.25, -0.2) is 4.57 Å². The lowest BCUT2D eigenvalue weighted by Crippen LogP contribution is -1.92. The molecule has 0 spiro atoms. The SMILES string of the molecule is CCCCCCCCCCCCCCCCCCOP(=O)(O)O.ClC(Cl)Cl. The van der Waals surface area contributed by atoms with Crippen molar-refractivity contribution in [1.82, 2.24) is 0 Å². The van der Waals surface area contributed by atoms with Gasteiger partial charge < -0.3 is 9.79 Å². The third-order valence-corrected chi connectivity index (χ3v) is 4.78. The minimum Gasteiger partial charge on any atom is -0.303 e. The molecule has 0 aromatic heterocycles.